The Morgan fingerprint density at radius 1 is 1.13 bits per heavy atom. The predicted molar refractivity (Wildman–Crippen MR) is 114 cm³/mol. The van der Waals surface area contributed by atoms with E-state index in [-0.39, 0.29) is 17.8 Å². The summed E-state index contributed by atoms with van der Waals surface area (Å²) in [7, 11) is 0. The second kappa shape index (κ2) is 10.1. The lowest BCUT2D eigenvalue weighted by Crippen LogP contribution is -2.27. The van der Waals surface area contributed by atoms with E-state index in [2.05, 4.69) is 15.4 Å². The number of rotatable bonds is 9. The molecule has 0 spiro atoms. The van der Waals surface area contributed by atoms with E-state index in [1.165, 1.54) is 0 Å². The normalized spacial score (nSPS) is 15.9. The van der Waals surface area contributed by atoms with Crippen LogP contribution < -0.4 is 5.32 Å². The van der Waals surface area contributed by atoms with Crippen LogP contribution in [0.1, 0.15) is 29.9 Å². The summed E-state index contributed by atoms with van der Waals surface area (Å²) in [6.07, 6.45) is 3.12. The zero-order valence-corrected chi connectivity index (χ0v) is 16.9. The largest absolute Gasteiger partial charge is 0.379 e. The first kappa shape index (κ1) is 20.3. The zero-order chi connectivity index (χ0) is 20.6. The number of amides is 1. The van der Waals surface area contributed by atoms with Gasteiger partial charge < -0.3 is 14.8 Å². The van der Waals surface area contributed by atoms with Gasteiger partial charge in [0, 0.05) is 25.3 Å². The van der Waals surface area contributed by atoms with Crippen molar-refractivity contribution in [2.75, 3.05) is 26.4 Å². The summed E-state index contributed by atoms with van der Waals surface area (Å²) in [5.74, 6) is 0.491. The smallest absolute Gasteiger partial charge is 0.290 e. The van der Waals surface area contributed by atoms with Crippen LogP contribution in [0.4, 0.5) is 0 Å². The lowest BCUT2D eigenvalue weighted by atomic mass is 10.2. The number of nitrogens with one attached hydrogen (secondary N) is 1. The van der Waals surface area contributed by atoms with Gasteiger partial charge >= 0.3 is 0 Å². The standard InChI is InChI=1S/C23H26N4O3/c28-23(24-14-8-15-29-17-20-13-7-16-30-20)21-25-22(18-9-3-1-4-10-18)27(26-21)19-11-5-2-6-12-19/h1-6,9-12,20H,7-8,13-17H2,(H,24,28). The topological polar surface area (TPSA) is 78.3 Å². The van der Waals surface area contributed by atoms with Crippen molar-refractivity contribution in [3.63, 3.8) is 0 Å². The lowest BCUT2D eigenvalue weighted by molar-refractivity contribution is 0.0166. The van der Waals surface area contributed by atoms with Crippen LogP contribution in [0.5, 0.6) is 0 Å². The van der Waals surface area contributed by atoms with E-state index in [1.807, 2.05) is 60.7 Å². The van der Waals surface area contributed by atoms with E-state index in [4.69, 9.17) is 9.47 Å². The maximum atomic E-state index is 12.6. The van der Waals surface area contributed by atoms with Crippen molar-refractivity contribution < 1.29 is 14.3 Å². The molecule has 2 heterocycles. The Morgan fingerprint density at radius 2 is 1.90 bits per heavy atom. The Kier molecular flexibility index (Phi) is 6.84. The summed E-state index contributed by atoms with van der Waals surface area (Å²) in [4.78, 5) is 17.1. The molecule has 1 unspecified atom stereocenters. The van der Waals surface area contributed by atoms with Crippen LogP contribution in [-0.2, 0) is 9.47 Å². The van der Waals surface area contributed by atoms with Crippen LogP contribution in [0.2, 0.25) is 0 Å². The summed E-state index contributed by atoms with van der Waals surface area (Å²) >= 11 is 0. The second-order valence-corrected chi connectivity index (χ2v) is 7.19. The first-order chi connectivity index (χ1) is 14.8. The minimum absolute atomic E-state index is 0.151. The molecular weight excluding hydrogens is 380 g/mol. The highest BCUT2D eigenvalue weighted by atomic mass is 16.5. The summed E-state index contributed by atoms with van der Waals surface area (Å²) in [5.41, 5.74) is 1.75. The maximum absolute atomic E-state index is 12.6. The molecule has 1 N–H and O–H groups in total. The third-order valence-corrected chi connectivity index (χ3v) is 4.92. The Bertz CT molecular complexity index is 881. The Hall–Kier alpha value is -3.03. The summed E-state index contributed by atoms with van der Waals surface area (Å²) in [6, 6.07) is 19.4. The molecule has 7 nitrogen and oxygen atoms in total. The summed E-state index contributed by atoms with van der Waals surface area (Å²) in [5, 5.41) is 7.35. The van der Waals surface area contributed by atoms with Crippen molar-refractivity contribution in [2.24, 2.45) is 0 Å². The van der Waals surface area contributed by atoms with Gasteiger partial charge in [-0.15, -0.1) is 5.10 Å². The molecule has 1 fully saturated rings. The third-order valence-electron chi connectivity index (χ3n) is 4.92. The van der Waals surface area contributed by atoms with Gasteiger partial charge in [0.25, 0.3) is 5.91 Å². The number of nitrogens with zero attached hydrogens (tertiary/aromatic N) is 3. The van der Waals surface area contributed by atoms with Gasteiger partial charge in [-0.2, -0.15) is 0 Å². The van der Waals surface area contributed by atoms with E-state index >= 15 is 0 Å². The van der Waals surface area contributed by atoms with E-state index in [0.29, 0.717) is 25.6 Å². The molecule has 0 aliphatic carbocycles. The highest BCUT2D eigenvalue weighted by Gasteiger charge is 2.18. The highest BCUT2D eigenvalue weighted by Crippen LogP contribution is 2.21. The Morgan fingerprint density at radius 3 is 2.63 bits per heavy atom. The van der Waals surface area contributed by atoms with Crippen LogP contribution >= 0.6 is 0 Å². The molecule has 1 saturated heterocycles. The van der Waals surface area contributed by atoms with Crippen molar-refractivity contribution in [2.45, 2.75) is 25.4 Å². The highest BCUT2D eigenvalue weighted by molar-refractivity contribution is 5.91. The minimum atomic E-state index is -0.291. The van der Waals surface area contributed by atoms with Gasteiger partial charge in [0.15, 0.2) is 5.82 Å². The molecule has 0 radical (unpaired) electrons. The average Bonchev–Trinajstić information content (AvgIpc) is 3.47. The quantitative estimate of drug-likeness (QED) is 0.552. The molecule has 2 aromatic carbocycles. The number of aromatic nitrogens is 3. The predicted octanol–water partition coefficient (Wildman–Crippen LogP) is 3.25. The molecule has 1 aliphatic rings. The summed E-state index contributed by atoms with van der Waals surface area (Å²) < 4.78 is 12.9. The average molecular weight is 406 g/mol. The maximum Gasteiger partial charge on any atom is 0.290 e. The fraction of sp³-hybridized carbons (Fsp3) is 0.348. The fourth-order valence-electron chi connectivity index (χ4n) is 3.38. The van der Waals surface area contributed by atoms with Gasteiger partial charge in [-0.25, -0.2) is 9.67 Å². The van der Waals surface area contributed by atoms with Gasteiger partial charge in [0.05, 0.1) is 18.4 Å². The molecule has 0 bridgehead atoms. The molecule has 1 amide bonds. The van der Waals surface area contributed by atoms with Gasteiger partial charge in [-0.1, -0.05) is 48.5 Å². The second-order valence-electron chi connectivity index (χ2n) is 7.19. The molecule has 1 aromatic heterocycles. The molecule has 1 aliphatic heterocycles. The zero-order valence-electron chi connectivity index (χ0n) is 16.9. The van der Waals surface area contributed by atoms with Crippen molar-refractivity contribution in [3.05, 3.63) is 66.5 Å². The van der Waals surface area contributed by atoms with Crippen LogP contribution in [0, 0.1) is 0 Å². The molecule has 1 atom stereocenters. The van der Waals surface area contributed by atoms with Crippen LogP contribution in [0.15, 0.2) is 60.7 Å². The fourth-order valence-corrected chi connectivity index (χ4v) is 3.38. The van der Waals surface area contributed by atoms with Crippen molar-refractivity contribution in [1.29, 1.82) is 0 Å². The third kappa shape index (κ3) is 5.11. The van der Waals surface area contributed by atoms with E-state index in [0.717, 1.165) is 37.1 Å². The SMILES string of the molecule is O=C(NCCCOCC1CCCO1)c1nc(-c2ccccc2)n(-c2ccccc2)n1. The van der Waals surface area contributed by atoms with E-state index < -0.39 is 0 Å². The van der Waals surface area contributed by atoms with E-state index in [9.17, 15) is 4.79 Å². The number of hydrogen-bond donors (Lipinski definition) is 1. The van der Waals surface area contributed by atoms with Crippen molar-refractivity contribution in [3.8, 4) is 17.1 Å². The van der Waals surface area contributed by atoms with Gasteiger partial charge in [-0.05, 0) is 31.4 Å². The van der Waals surface area contributed by atoms with Crippen LogP contribution in [0.3, 0.4) is 0 Å². The molecule has 7 heteroatoms. The first-order valence-corrected chi connectivity index (χ1v) is 10.4. The summed E-state index contributed by atoms with van der Waals surface area (Å²) in [6.45, 7) is 2.54. The monoisotopic (exact) mass is 406 g/mol. The number of hydrogen-bond acceptors (Lipinski definition) is 5. The molecule has 30 heavy (non-hydrogen) atoms. The molecule has 156 valence electrons. The number of carbonyl (C=O) groups excluding carboxylic acids is 1. The lowest BCUT2D eigenvalue weighted by Gasteiger charge is -2.09. The molecule has 0 saturated carbocycles. The number of para-hydroxylation sites is 1. The molecule has 4 rings (SSSR count). The van der Waals surface area contributed by atoms with Crippen molar-refractivity contribution in [1.82, 2.24) is 20.1 Å². The number of ether oxygens (including phenoxy) is 2. The van der Waals surface area contributed by atoms with Crippen molar-refractivity contribution >= 4 is 5.91 Å². The Labute approximate surface area is 176 Å². The molecular formula is C23H26N4O3. The molecule has 3 aromatic rings. The number of carbonyl (C=O) groups is 1. The van der Waals surface area contributed by atoms with Gasteiger partial charge in [0.2, 0.25) is 5.82 Å². The Balaban J connectivity index is 1.37. The first-order valence-electron chi connectivity index (χ1n) is 10.4. The van der Waals surface area contributed by atoms with Gasteiger partial charge in [-0.3, -0.25) is 4.79 Å². The van der Waals surface area contributed by atoms with E-state index in [1.54, 1.807) is 4.68 Å². The van der Waals surface area contributed by atoms with Gasteiger partial charge in [0.1, 0.15) is 0 Å². The minimum Gasteiger partial charge on any atom is -0.379 e. The number of benzene rings is 2. The van der Waals surface area contributed by atoms with Crippen LogP contribution in [0.25, 0.3) is 17.1 Å². The van der Waals surface area contributed by atoms with Crippen LogP contribution in [-0.4, -0.2) is 53.1 Å².